The minimum Gasteiger partial charge on any atom is -0.367 e. The normalized spacial score (nSPS) is 19.0. The molecule has 0 bridgehead atoms. The molecule has 4 nitrogen and oxygen atoms in total. The molecule has 2 heterocycles. The first-order chi connectivity index (χ1) is 11.8. The lowest BCUT2D eigenvalue weighted by molar-refractivity contribution is -0.102. The molecular weight excluding hydrogens is 298 g/mol. The van der Waals surface area contributed by atoms with Crippen molar-refractivity contribution in [2.24, 2.45) is 4.99 Å². The Morgan fingerprint density at radius 1 is 1.00 bits per heavy atom. The average molecular weight is 319 g/mol. The number of benzene rings is 2. The Morgan fingerprint density at radius 2 is 1.75 bits per heavy atom. The van der Waals surface area contributed by atoms with Gasteiger partial charge in [0.1, 0.15) is 5.71 Å². The zero-order valence-electron chi connectivity index (χ0n) is 13.9. The van der Waals surface area contributed by atoms with Crippen molar-refractivity contribution >= 4 is 28.3 Å². The SMILES string of the molecule is CN1CCN(C2=C(c3cccc4ccccc34)CN=C2C=O)CC1. The molecule has 0 aliphatic carbocycles. The van der Waals surface area contributed by atoms with Crippen molar-refractivity contribution in [2.75, 3.05) is 39.8 Å². The van der Waals surface area contributed by atoms with E-state index < -0.39 is 0 Å². The largest absolute Gasteiger partial charge is 0.367 e. The molecule has 0 N–H and O–H groups in total. The Bertz CT molecular complexity index is 840. The number of hydrogen-bond donors (Lipinski definition) is 0. The summed E-state index contributed by atoms with van der Waals surface area (Å²) < 4.78 is 0. The summed E-state index contributed by atoms with van der Waals surface area (Å²) in [7, 11) is 2.14. The summed E-state index contributed by atoms with van der Waals surface area (Å²) in [5, 5.41) is 2.45. The first-order valence-electron chi connectivity index (χ1n) is 8.42. The van der Waals surface area contributed by atoms with Crippen molar-refractivity contribution in [1.82, 2.24) is 9.80 Å². The highest BCUT2D eigenvalue weighted by Crippen LogP contribution is 2.32. The smallest absolute Gasteiger partial charge is 0.170 e. The fourth-order valence-electron chi connectivity index (χ4n) is 3.65. The van der Waals surface area contributed by atoms with Crippen LogP contribution in [0.15, 0.2) is 53.2 Å². The molecule has 4 rings (SSSR count). The van der Waals surface area contributed by atoms with Crippen LogP contribution in [0.2, 0.25) is 0 Å². The van der Waals surface area contributed by atoms with E-state index in [1.165, 1.54) is 21.9 Å². The van der Waals surface area contributed by atoms with Crippen molar-refractivity contribution in [3.63, 3.8) is 0 Å². The summed E-state index contributed by atoms with van der Waals surface area (Å²) in [4.78, 5) is 20.7. The monoisotopic (exact) mass is 319 g/mol. The van der Waals surface area contributed by atoms with E-state index in [1.807, 2.05) is 0 Å². The number of piperazine rings is 1. The molecule has 2 aliphatic rings. The lowest BCUT2D eigenvalue weighted by Gasteiger charge is -2.35. The van der Waals surface area contributed by atoms with Gasteiger partial charge in [-0.15, -0.1) is 0 Å². The average Bonchev–Trinajstić information content (AvgIpc) is 3.05. The number of allylic oxidation sites excluding steroid dienone is 1. The van der Waals surface area contributed by atoms with E-state index in [0.29, 0.717) is 12.3 Å². The number of rotatable bonds is 3. The molecule has 2 aromatic carbocycles. The van der Waals surface area contributed by atoms with E-state index in [1.54, 1.807) is 0 Å². The van der Waals surface area contributed by atoms with Gasteiger partial charge in [-0.2, -0.15) is 0 Å². The van der Waals surface area contributed by atoms with Gasteiger partial charge in [0, 0.05) is 31.8 Å². The highest BCUT2D eigenvalue weighted by molar-refractivity contribution is 6.39. The third-order valence-electron chi connectivity index (χ3n) is 4.98. The molecule has 0 unspecified atom stereocenters. The Kier molecular flexibility index (Phi) is 3.90. The number of hydrogen-bond acceptors (Lipinski definition) is 4. The van der Waals surface area contributed by atoms with Crippen LogP contribution < -0.4 is 0 Å². The van der Waals surface area contributed by atoms with Crippen LogP contribution >= 0.6 is 0 Å². The Balaban J connectivity index is 1.84. The van der Waals surface area contributed by atoms with Gasteiger partial charge >= 0.3 is 0 Å². The summed E-state index contributed by atoms with van der Waals surface area (Å²) >= 11 is 0. The van der Waals surface area contributed by atoms with Gasteiger partial charge < -0.3 is 9.80 Å². The number of aldehydes is 1. The zero-order chi connectivity index (χ0) is 16.5. The Labute approximate surface area is 142 Å². The quantitative estimate of drug-likeness (QED) is 0.815. The van der Waals surface area contributed by atoms with Crippen molar-refractivity contribution < 1.29 is 4.79 Å². The van der Waals surface area contributed by atoms with E-state index in [9.17, 15) is 4.79 Å². The minimum atomic E-state index is 0.587. The summed E-state index contributed by atoms with van der Waals surface area (Å²) in [5.41, 5.74) is 4.01. The molecule has 0 amide bonds. The summed E-state index contributed by atoms with van der Waals surface area (Å²) in [6.07, 6.45) is 0.909. The predicted octanol–water partition coefficient (Wildman–Crippen LogP) is 2.45. The van der Waals surface area contributed by atoms with Crippen LogP contribution in [0, 0.1) is 0 Å². The van der Waals surface area contributed by atoms with Gasteiger partial charge in [0.05, 0.1) is 12.2 Å². The summed E-state index contributed by atoms with van der Waals surface area (Å²) in [6.45, 7) is 4.49. The third kappa shape index (κ3) is 2.53. The molecule has 2 aliphatic heterocycles. The van der Waals surface area contributed by atoms with Gasteiger partial charge in [0.15, 0.2) is 6.29 Å². The second kappa shape index (κ2) is 6.21. The molecular formula is C20H21N3O. The highest BCUT2D eigenvalue weighted by Gasteiger charge is 2.28. The number of fused-ring (bicyclic) bond motifs is 1. The van der Waals surface area contributed by atoms with Crippen molar-refractivity contribution in [3.05, 3.63) is 53.7 Å². The van der Waals surface area contributed by atoms with Crippen LogP contribution in [-0.4, -0.2) is 61.6 Å². The molecule has 0 radical (unpaired) electrons. The van der Waals surface area contributed by atoms with Crippen molar-refractivity contribution in [1.29, 1.82) is 0 Å². The maximum Gasteiger partial charge on any atom is 0.170 e. The molecule has 0 atom stereocenters. The second-order valence-corrected chi connectivity index (χ2v) is 6.46. The predicted molar refractivity (Wildman–Crippen MR) is 98.3 cm³/mol. The van der Waals surface area contributed by atoms with Crippen LogP contribution in [0.4, 0.5) is 0 Å². The Morgan fingerprint density at radius 3 is 2.54 bits per heavy atom. The maximum atomic E-state index is 11.6. The molecule has 2 aromatic rings. The number of carbonyl (C=O) groups is 1. The lowest BCUT2D eigenvalue weighted by atomic mass is 9.96. The van der Waals surface area contributed by atoms with Gasteiger partial charge in [0.2, 0.25) is 0 Å². The molecule has 1 saturated heterocycles. The van der Waals surface area contributed by atoms with Gasteiger partial charge in [-0.05, 0) is 23.4 Å². The van der Waals surface area contributed by atoms with E-state index in [2.05, 4.69) is 64.3 Å². The fraction of sp³-hybridized carbons (Fsp3) is 0.300. The minimum absolute atomic E-state index is 0.587. The van der Waals surface area contributed by atoms with Crippen LogP contribution in [0.5, 0.6) is 0 Å². The second-order valence-electron chi connectivity index (χ2n) is 6.46. The number of likely N-dealkylation sites (N-methyl/N-ethyl adjacent to an activating group) is 1. The van der Waals surface area contributed by atoms with Crippen molar-refractivity contribution in [3.8, 4) is 0 Å². The summed E-state index contributed by atoms with van der Waals surface area (Å²) in [6, 6.07) is 14.8. The third-order valence-corrected chi connectivity index (χ3v) is 4.98. The zero-order valence-corrected chi connectivity index (χ0v) is 13.9. The first kappa shape index (κ1) is 15.1. The number of nitrogens with zero attached hydrogens (tertiary/aromatic N) is 3. The van der Waals surface area contributed by atoms with Crippen LogP contribution in [0.3, 0.4) is 0 Å². The highest BCUT2D eigenvalue weighted by atomic mass is 16.1. The van der Waals surface area contributed by atoms with Gasteiger partial charge in [-0.1, -0.05) is 42.5 Å². The molecule has 0 saturated carbocycles. The molecule has 1 fully saturated rings. The van der Waals surface area contributed by atoms with Crippen LogP contribution in [0.25, 0.3) is 16.3 Å². The Hall–Kier alpha value is -2.46. The lowest BCUT2D eigenvalue weighted by Crippen LogP contribution is -2.45. The number of aliphatic imine (C=N–C) groups is 1. The number of carbonyl (C=O) groups excluding carboxylic acids is 1. The van der Waals surface area contributed by atoms with E-state index in [-0.39, 0.29) is 0 Å². The first-order valence-corrected chi connectivity index (χ1v) is 8.42. The van der Waals surface area contributed by atoms with Crippen LogP contribution in [-0.2, 0) is 4.79 Å². The molecule has 122 valence electrons. The van der Waals surface area contributed by atoms with E-state index in [0.717, 1.165) is 38.2 Å². The molecule has 24 heavy (non-hydrogen) atoms. The molecule has 0 aromatic heterocycles. The topological polar surface area (TPSA) is 35.9 Å². The van der Waals surface area contributed by atoms with Crippen LogP contribution in [0.1, 0.15) is 5.56 Å². The standard InChI is InChI=1S/C20H21N3O/c1-22-9-11-23(12-10-22)20-18(13-21-19(20)14-24)17-8-4-6-15-5-2-3-7-16(15)17/h2-8,14H,9-13H2,1H3. The summed E-state index contributed by atoms with van der Waals surface area (Å²) in [5.74, 6) is 0. The molecule has 0 spiro atoms. The van der Waals surface area contributed by atoms with Gasteiger partial charge in [-0.3, -0.25) is 9.79 Å². The van der Waals surface area contributed by atoms with Crippen molar-refractivity contribution in [2.45, 2.75) is 0 Å². The maximum absolute atomic E-state index is 11.6. The van der Waals surface area contributed by atoms with E-state index in [4.69, 9.17) is 0 Å². The molecule has 4 heteroatoms. The van der Waals surface area contributed by atoms with Gasteiger partial charge in [-0.25, -0.2) is 0 Å². The fourth-order valence-corrected chi connectivity index (χ4v) is 3.65. The van der Waals surface area contributed by atoms with Gasteiger partial charge in [0.25, 0.3) is 0 Å². The van der Waals surface area contributed by atoms with E-state index >= 15 is 0 Å².